The van der Waals surface area contributed by atoms with E-state index < -0.39 is 0 Å². The fourth-order valence-electron chi connectivity index (χ4n) is 5.32. The first-order valence-electron chi connectivity index (χ1n) is 11.3. The Morgan fingerprint density at radius 1 is 0.931 bits per heavy atom. The van der Waals surface area contributed by atoms with Gasteiger partial charge < -0.3 is 4.90 Å². The van der Waals surface area contributed by atoms with Crippen molar-refractivity contribution in [3.8, 4) is 0 Å². The van der Waals surface area contributed by atoms with Gasteiger partial charge in [0, 0.05) is 32.6 Å². The third-order valence-corrected chi connectivity index (χ3v) is 7.17. The molecule has 1 heterocycles. The summed E-state index contributed by atoms with van der Waals surface area (Å²) in [6.07, 6.45) is 7.81. The summed E-state index contributed by atoms with van der Waals surface area (Å²) in [4.78, 5) is 18.1. The van der Waals surface area contributed by atoms with Crippen molar-refractivity contribution in [2.45, 2.75) is 57.0 Å². The molecule has 2 aromatic carbocycles. The number of carbonyl (C=O) groups excluding carboxylic acids is 1. The van der Waals surface area contributed by atoms with E-state index >= 15 is 0 Å². The normalized spacial score (nSPS) is 20.3. The Kier molecular flexibility index (Phi) is 6.34. The van der Waals surface area contributed by atoms with E-state index in [2.05, 4.69) is 77.5 Å². The van der Waals surface area contributed by atoms with E-state index in [0.717, 1.165) is 45.3 Å². The summed E-state index contributed by atoms with van der Waals surface area (Å²) in [6, 6.07) is 21.5. The molecule has 0 unspecified atom stereocenters. The fraction of sp³-hybridized carbons (Fsp3) is 0.500. The summed E-state index contributed by atoms with van der Waals surface area (Å²) in [5.74, 6) is 0.585. The van der Waals surface area contributed by atoms with Gasteiger partial charge in [-0.3, -0.25) is 9.69 Å². The first-order chi connectivity index (χ1) is 14.2. The minimum absolute atomic E-state index is 0.178. The molecule has 1 saturated heterocycles. The van der Waals surface area contributed by atoms with Gasteiger partial charge in [-0.25, -0.2) is 0 Å². The molecular weight excluding hydrogens is 356 g/mol. The maximum atomic E-state index is 13.5. The molecule has 0 spiro atoms. The molecular formula is C26H34N2O. The van der Waals surface area contributed by atoms with E-state index in [1.165, 1.54) is 30.4 Å². The van der Waals surface area contributed by atoms with Crippen LogP contribution in [0.4, 0.5) is 0 Å². The lowest BCUT2D eigenvalue weighted by Gasteiger charge is -2.49. The third-order valence-electron chi connectivity index (χ3n) is 7.17. The van der Waals surface area contributed by atoms with Crippen LogP contribution in [-0.2, 0) is 16.9 Å². The highest BCUT2D eigenvalue weighted by Gasteiger charge is 2.43. The molecule has 2 aromatic rings. The zero-order chi connectivity index (χ0) is 20.1. The van der Waals surface area contributed by atoms with Gasteiger partial charge in [0.25, 0.3) is 0 Å². The van der Waals surface area contributed by atoms with Gasteiger partial charge in [-0.05, 0) is 36.8 Å². The van der Waals surface area contributed by atoms with E-state index in [-0.39, 0.29) is 11.5 Å². The number of amides is 1. The van der Waals surface area contributed by atoms with Gasteiger partial charge in [0.2, 0.25) is 5.91 Å². The van der Waals surface area contributed by atoms with Gasteiger partial charge >= 0.3 is 0 Å². The Balaban J connectivity index is 1.52. The zero-order valence-corrected chi connectivity index (χ0v) is 17.7. The fourth-order valence-corrected chi connectivity index (χ4v) is 5.32. The van der Waals surface area contributed by atoms with Crippen LogP contribution < -0.4 is 0 Å². The van der Waals surface area contributed by atoms with Gasteiger partial charge in [0.05, 0.1) is 5.54 Å². The summed E-state index contributed by atoms with van der Waals surface area (Å²) in [5, 5.41) is 0. The lowest BCUT2D eigenvalue weighted by atomic mass is 9.78. The minimum Gasteiger partial charge on any atom is -0.336 e. The largest absolute Gasteiger partial charge is 0.336 e. The number of hydrogen-bond acceptors (Lipinski definition) is 2. The smallest absolute Gasteiger partial charge is 0.226 e. The van der Waals surface area contributed by atoms with Crippen LogP contribution in [0.2, 0.25) is 0 Å². The third kappa shape index (κ3) is 4.40. The standard InChI is InChI=1S/C26H34N2O/c1-27(25(29)23-13-7-3-8-14-23)26(24-15-9-4-10-16-24)17-19-28(20-18-26)21-22-11-5-2-6-12-22/h2,4-6,9-12,15-16,23H,3,7-8,13-14,17-21H2,1H3. The van der Waals surface area contributed by atoms with Crippen LogP contribution >= 0.6 is 0 Å². The van der Waals surface area contributed by atoms with Crippen LogP contribution in [0.3, 0.4) is 0 Å². The Hall–Kier alpha value is -2.13. The van der Waals surface area contributed by atoms with Crippen molar-refractivity contribution in [2.24, 2.45) is 5.92 Å². The lowest BCUT2D eigenvalue weighted by molar-refractivity contribution is -0.144. The second-order valence-electron chi connectivity index (χ2n) is 8.89. The molecule has 1 saturated carbocycles. The molecule has 0 N–H and O–H groups in total. The average molecular weight is 391 g/mol. The summed E-state index contributed by atoms with van der Waals surface area (Å²) in [5.41, 5.74) is 2.49. The monoisotopic (exact) mass is 390 g/mol. The number of nitrogens with zero attached hydrogens (tertiary/aromatic N) is 2. The predicted molar refractivity (Wildman–Crippen MR) is 118 cm³/mol. The van der Waals surface area contributed by atoms with Crippen LogP contribution in [0.15, 0.2) is 60.7 Å². The second kappa shape index (κ2) is 9.13. The molecule has 0 bridgehead atoms. The number of piperidine rings is 1. The Bertz CT molecular complexity index is 775. The Morgan fingerprint density at radius 3 is 2.14 bits per heavy atom. The predicted octanol–water partition coefficient (Wildman–Crippen LogP) is 5.22. The van der Waals surface area contributed by atoms with Crippen molar-refractivity contribution >= 4 is 5.91 Å². The maximum absolute atomic E-state index is 13.5. The van der Waals surface area contributed by atoms with Gasteiger partial charge in [-0.1, -0.05) is 79.9 Å². The average Bonchev–Trinajstić information content (AvgIpc) is 2.80. The molecule has 0 atom stereocenters. The highest BCUT2D eigenvalue weighted by molar-refractivity contribution is 5.79. The van der Waals surface area contributed by atoms with Gasteiger partial charge in [-0.2, -0.15) is 0 Å². The van der Waals surface area contributed by atoms with Gasteiger partial charge in [-0.15, -0.1) is 0 Å². The van der Waals surface area contributed by atoms with Crippen molar-refractivity contribution in [1.29, 1.82) is 0 Å². The van der Waals surface area contributed by atoms with Crippen molar-refractivity contribution in [2.75, 3.05) is 20.1 Å². The van der Waals surface area contributed by atoms with E-state index in [9.17, 15) is 4.79 Å². The Morgan fingerprint density at radius 2 is 1.52 bits per heavy atom. The van der Waals surface area contributed by atoms with Crippen LogP contribution in [-0.4, -0.2) is 35.8 Å². The lowest BCUT2D eigenvalue weighted by Crippen LogP contribution is -2.55. The van der Waals surface area contributed by atoms with Gasteiger partial charge in [0.15, 0.2) is 0 Å². The van der Waals surface area contributed by atoms with E-state index in [1.807, 2.05) is 0 Å². The quantitative estimate of drug-likeness (QED) is 0.699. The molecule has 29 heavy (non-hydrogen) atoms. The molecule has 2 fully saturated rings. The van der Waals surface area contributed by atoms with Crippen molar-refractivity contribution in [3.05, 3.63) is 71.8 Å². The maximum Gasteiger partial charge on any atom is 0.226 e. The summed E-state index contributed by atoms with van der Waals surface area (Å²) in [7, 11) is 2.07. The molecule has 3 heteroatoms. The molecule has 1 aliphatic carbocycles. The van der Waals surface area contributed by atoms with Crippen LogP contribution in [0.25, 0.3) is 0 Å². The number of benzene rings is 2. The summed E-state index contributed by atoms with van der Waals surface area (Å²) < 4.78 is 0. The molecule has 1 aliphatic heterocycles. The number of rotatable bonds is 5. The number of likely N-dealkylation sites (tertiary alicyclic amines) is 1. The van der Waals surface area contributed by atoms with E-state index in [0.29, 0.717) is 5.91 Å². The highest BCUT2D eigenvalue weighted by atomic mass is 16.2. The first kappa shape index (κ1) is 20.2. The van der Waals surface area contributed by atoms with Crippen LogP contribution in [0, 0.1) is 5.92 Å². The van der Waals surface area contributed by atoms with Crippen LogP contribution in [0.5, 0.6) is 0 Å². The van der Waals surface area contributed by atoms with Crippen molar-refractivity contribution in [3.63, 3.8) is 0 Å². The number of carbonyl (C=O) groups is 1. The second-order valence-corrected chi connectivity index (χ2v) is 8.89. The van der Waals surface area contributed by atoms with Crippen molar-refractivity contribution in [1.82, 2.24) is 9.80 Å². The first-order valence-corrected chi connectivity index (χ1v) is 11.3. The molecule has 2 aliphatic rings. The highest BCUT2D eigenvalue weighted by Crippen LogP contribution is 2.40. The molecule has 154 valence electrons. The van der Waals surface area contributed by atoms with Crippen molar-refractivity contribution < 1.29 is 4.79 Å². The minimum atomic E-state index is -0.178. The molecule has 0 radical (unpaired) electrons. The topological polar surface area (TPSA) is 23.6 Å². The molecule has 1 amide bonds. The molecule has 0 aromatic heterocycles. The van der Waals surface area contributed by atoms with E-state index in [4.69, 9.17) is 0 Å². The van der Waals surface area contributed by atoms with Gasteiger partial charge in [0.1, 0.15) is 0 Å². The number of hydrogen-bond donors (Lipinski definition) is 0. The van der Waals surface area contributed by atoms with E-state index in [1.54, 1.807) is 0 Å². The molecule has 4 rings (SSSR count). The zero-order valence-electron chi connectivity index (χ0n) is 17.7. The summed E-state index contributed by atoms with van der Waals surface area (Å²) in [6.45, 7) is 3.03. The molecule has 3 nitrogen and oxygen atoms in total. The summed E-state index contributed by atoms with van der Waals surface area (Å²) >= 11 is 0. The Labute approximate surface area is 175 Å². The van der Waals surface area contributed by atoms with Crippen LogP contribution in [0.1, 0.15) is 56.1 Å². The SMILES string of the molecule is CN(C(=O)C1CCCCC1)C1(c2ccccc2)CCN(Cc2ccccc2)CC1.